The third-order valence-electron chi connectivity index (χ3n) is 1.63. The highest BCUT2D eigenvalue weighted by molar-refractivity contribution is 9.08. The van der Waals surface area contributed by atoms with Crippen molar-refractivity contribution < 1.29 is 9.53 Å². The summed E-state index contributed by atoms with van der Waals surface area (Å²) in [5.74, 6) is 0. The number of thiazole rings is 1. The second-order valence-corrected chi connectivity index (χ2v) is 6.05. The molecule has 1 heterocycles. The molecular weight excluding hydrogens is 292 g/mol. The molecule has 0 aliphatic carbocycles. The van der Waals surface area contributed by atoms with Gasteiger partial charge < -0.3 is 4.74 Å². The molecule has 1 N–H and O–H groups in total. The molecule has 1 rings (SSSR count). The lowest BCUT2D eigenvalue weighted by atomic mass is 10.2. The number of nitrogens with zero attached hydrogens (tertiary/aromatic N) is 1. The van der Waals surface area contributed by atoms with E-state index in [1.165, 1.54) is 11.3 Å². The van der Waals surface area contributed by atoms with Gasteiger partial charge in [0, 0.05) is 10.2 Å². The molecule has 0 aliphatic rings. The van der Waals surface area contributed by atoms with Crippen molar-refractivity contribution >= 4 is 38.5 Å². The number of hydrogen-bond donors (Lipinski definition) is 1. The van der Waals surface area contributed by atoms with E-state index >= 15 is 0 Å². The lowest BCUT2D eigenvalue weighted by molar-refractivity contribution is 0.0636. The minimum atomic E-state index is -0.491. The van der Waals surface area contributed by atoms with E-state index in [0.29, 0.717) is 10.5 Å². The number of aromatic nitrogens is 1. The third-order valence-corrected chi connectivity index (χ3v) is 3.09. The van der Waals surface area contributed by atoms with E-state index in [0.717, 1.165) is 10.6 Å². The van der Waals surface area contributed by atoms with E-state index in [4.69, 9.17) is 4.74 Å². The van der Waals surface area contributed by atoms with Crippen LogP contribution < -0.4 is 5.32 Å². The first-order chi connectivity index (χ1) is 7.31. The highest BCUT2D eigenvalue weighted by Crippen LogP contribution is 2.24. The Labute approximate surface area is 108 Å². The van der Waals surface area contributed by atoms with Crippen LogP contribution in [-0.2, 0) is 10.1 Å². The fraction of sp³-hybridized carbons (Fsp3) is 0.600. The number of rotatable bonds is 2. The smallest absolute Gasteiger partial charge is 0.413 e. The van der Waals surface area contributed by atoms with Crippen molar-refractivity contribution in [3.05, 3.63) is 10.6 Å². The van der Waals surface area contributed by atoms with Crippen LogP contribution in [0.25, 0.3) is 0 Å². The monoisotopic (exact) mass is 306 g/mol. The fourth-order valence-corrected chi connectivity index (χ4v) is 2.54. The lowest BCUT2D eigenvalue weighted by Crippen LogP contribution is -2.27. The Kier molecular flexibility index (Phi) is 4.32. The molecule has 6 heteroatoms. The average molecular weight is 307 g/mol. The zero-order chi connectivity index (χ0) is 12.3. The second-order valence-electron chi connectivity index (χ2n) is 4.28. The molecule has 0 unspecified atom stereocenters. The lowest BCUT2D eigenvalue weighted by Gasteiger charge is -2.18. The topological polar surface area (TPSA) is 51.2 Å². The van der Waals surface area contributed by atoms with Crippen LogP contribution in [0.2, 0.25) is 0 Å². The minimum absolute atomic E-state index is 0.470. The zero-order valence-electron chi connectivity index (χ0n) is 9.76. The van der Waals surface area contributed by atoms with E-state index in [9.17, 15) is 4.79 Å². The summed E-state index contributed by atoms with van der Waals surface area (Å²) in [6.07, 6.45) is -0.470. The Morgan fingerprint density at radius 3 is 2.62 bits per heavy atom. The van der Waals surface area contributed by atoms with Crippen LogP contribution in [0.1, 0.15) is 31.3 Å². The van der Waals surface area contributed by atoms with Gasteiger partial charge in [-0.3, -0.25) is 5.32 Å². The first-order valence-electron chi connectivity index (χ1n) is 4.84. The van der Waals surface area contributed by atoms with E-state index in [1.807, 2.05) is 27.7 Å². The Bertz CT molecular complexity index is 385. The van der Waals surface area contributed by atoms with Crippen LogP contribution in [0.4, 0.5) is 9.93 Å². The first kappa shape index (κ1) is 13.4. The van der Waals surface area contributed by atoms with Crippen molar-refractivity contribution in [3.8, 4) is 0 Å². The number of anilines is 1. The summed E-state index contributed by atoms with van der Waals surface area (Å²) in [7, 11) is 0. The number of nitrogens with one attached hydrogen (secondary N) is 1. The largest absolute Gasteiger partial charge is 0.444 e. The maximum absolute atomic E-state index is 11.5. The molecule has 0 radical (unpaired) electrons. The van der Waals surface area contributed by atoms with Gasteiger partial charge in [-0.2, -0.15) is 0 Å². The normalized spacial score (nSPS) is 11.3. The SMILES string of the molecule is Cc1sc(NC(=O)OC(C)(C)C)nc1CBr. The molecule has 4 nitrogen and oxygen atoms in total. The van der Waals surface area contributed by atoms with Crippen molar-refractivity contribution in [2.45, 2.75) is 38.6 Å². The summed E-state index contributed by atoms with van der Waals surface area (Å²) in [5, 5.41) is 3.88. The summed E-state index contributed by atoms with van der Waals surface area (Å²) >= 11 is 4.78. The molecule has 0 aliphatic heterocycles. The standard InChI is InChI=1S/C10H15BrN2O2S/c1-6-7(5-11)12-8(16-6)13-9(14)15-10(2,3)4/h5H2,1-4H3,(H,12,13,14). The van der Waals surface area contributed by atoms with Crippen LogP contribution in [0, 0.1) is 6.92 Å². The Morgan fingerprint density at radius 2 is 2.19 bits per heavy atom. The molecule has 0 saturated heterocycles. The molecule has 0 aromatic carbocycles. The molecule has 90 valence electrons. The van der Waals surface area contributed by atoms with Crippen molar-refractivity contribution in [2.75, 3.05) is 5.32 Å². The minimum Gasteiger partial charge on any atom is -0.444 e. The van der Waals surface area contributed by atoms with Crippen LogP contribution >= 0.6 is 27.3 Å². The summed E-state index contributed by atoms with van der Waals surface area (Å²) < 4.78 is 5.13. The summed E-state index contributed by atoms with van der Waals surface area (Å²) in [6.45, 7) is 7.44. The van der Waals surface area contributed by atoms with Gasteiger partial charge in [-0.25, -0.2) is 9.78 Å². The fourth-order valence-electron chi connectivity index (χ4n) is 0.996. The third kappa shape index (κ3) is 4.09. The van der Waals surface area contributed by atoms with Gasteiger partial charge in [0.1, 0.15) is 5.60 Å². The van der Waals surface area contributed by atoms with Crippen LogP contribution in [0.15, 0.2) is 0 Å². The molecule has 1 amide bonds. The second kappa shape index (κ2) is 5.14. The van der Waals surface area contributed by atoms with Gasteiger partial charge in [0.25, 0.3) is 0 Å². The van der Waals surface area contributed by atoms with Crippen molar-refractivity contribution in [3.63, 3.8) is 0 Å². The van der Waals surface area contributed by atoms with Gasteiger partial charge in [-0.05, 0) is 27.7 Å². The highest BCUT2D eigenvalue weighted by atomic mass is 79.9. The molecule has 0 saturated carbocycles. The van der Waals surface area contributed by atoms with Gasteiger partial charge in [0.2, 0.25) is 0 Å². The highest BCUT2D eigenvalue weighted by Gasteiger charge is 2.17. The quantitative estimate of drug-likeness (QED) is 0.848. The predicted octanol–water partition coefficient (Wildman–Crippen LogP) is 3.69. The summed E-state index contributed by atoms with van der Waals surface area (Å²) in [5.41, 5.74) is 0.449. The number of carbonyl (C=O) groups is 1. The number of hydrogen-bond acceptors (Lipinski definition) is 4. The Morgan fingerprint density at radius 1 is 1.56 bits per heavy atom. The van der Waals surface area contributed by atoms with Gasteiger partial charge >= 0.3 is 6.09 Å². The molecule has 0 spiro atoms. The summed E-state index contributed by atoms with van der Waals surface area (Å²) in [4.78, 5) is 16.8. The van der Waals surface area contributed by atoms with Crippen molar-refractivity contribution in [1.29, 1.82) is 0 Å². The average Bonchev–Trinajstić information content (AvgIpc) is 2.42. The van der Waals surface area contributed by atoms with E-state index < -0.39 is 11.7 Å². The number of amides is 1. The van der Waals surface area contributed by atoms with E-state index in [-0.39, 0.29) is 0 Å². The Hall–Kier alpha value is -0.620. The Balaban J connectivity index is 2.63. The maximum atomic E-state index is 11.5. The molecule has 0 atom stereocenters. The number of halogens is 1. The number of alkyl halides is 1. The molecule has 1 aromatic heterocycles. The van der Waals surface area contributed by atoms with Crippen molar-refractivity contribution in [1.82, 2.24) is 4.98 Å². The number of ether oxygens (including phenoxy) is 1. The molecule has 16 heavy (non-hydrogen) atoms. The van der Waals surface area contributed by atoms with Crippen LogP contribution in [-0.4, -0.2) is 16.7 Å². The summed E-state index contributed by atoms with van der Waals surface area (Å²) in [6, 6.07) is 0. The van der Waals surface area contributed by atoms with Crippen molar-refractivity contribution in [2.24, 2.45) is 0 Å². The first-order valence-corrected chi connectivity index (χ1v) is 6.78. The van der Waals surface area contributed by atoms with Crippen LogP contribution in [0.5, 0.6) is 0 Å². The number of aryl methyl sites for hydroxylation is 1. The molecule has 0 fully saturated rings. The number of carbonyl (C=O) groups excluding carboxylic acids is 1. The molecule has 1 aromatic rings. The van der Waals surface area contributed by atoms with Gasteiger partial charge in [0.05, 0.1) is 5.69 Å². The van der Waals surface area contributed by atoms with E-state index in [1.54, 1.807) is 0 Å². The molecule has 0 bridgehead atoms. The van der Waals surface area contributed by atoms with Gasteiger partial charge in [0.15, 0.2) is 5.13 Å². The maximum Gasteiger partial charge on any atom is 0.413 e. The van der Waals surface area contributed by atoms with E-state index in [2.05, 4.69) is 26.2 Å². The zero-order valence-corrected chi connectivity index (χ0v) is 12.2. The van der Waals surface area contributed by atoms with Crippen LogP contribution in [0.3, 0.4) is 0 Å². The molecular formula is C10H15BrN2O2S. The van der Waals surface area contributed by atoms with Gasteiger partial charge in [-0.1, -0.05) is 15.9 Å². The van der Waals surface area contributed by atoms with Gasteiger partial charge in [-0.15, -0.1) is 11.3 Å². The predicted molar refractivity (Wildman–Crippen MR) is 69.3 cm³/mol.